The lowest BCUT2D eigenvalue weighted by molar-refractivity contribution is -0.141. The number of carbonyl (C=O) groups is 1. The van der Waals surface area contributed by atoms with Gasteiger partial charge in [-0.25, -0.2) is 4.98 Å². The summed E-state index contributed by atoms with van der Waals surface area (Å²) in [6.07, 6.45) is 4.69. The third-order valence-electron chi connectivity index (χ3n) is 4.75. The van der Waals surface area contributed by atoms with Gasteiger partial charge in [-0.05, 0) is 44.2 Å². The van der Waals surface area contributed by atoms with Gasteiger partial charge in [0.25, 0.3) is 0 Å². The fourth-order valence-electron chi connectivity index (χ4n) is 3.56. The van der Waals surface area contributed by atoms with E-state index >= 15 is 0 Å². The maximum atomic E-state index is 11.2. The van der Waals surface area contributed by atoms with E-state index in [9.17, 15) is 9.90 Å². The van der Waals surface area contributed by atoms with Crippen molar-refractivity contribution in [1.29, 1.82) is 0 Å². The fraction of sp³-hybridized carbons (Fsp3) is 0.500. The number of hydrogen-bond acceptors (Lipinski definition) is 2. The molecule has 2 aliphatic rings. The minimum atomic E-state index is -0.676. The molecule has 4 rings (SSSR count). The first-order valence-electron chi connectivity index (χ1n) is 7.54. The molecule has 1 aromatic heterocycles. The Labute approximate surface area is 127 Å². The van der Waals surface area contributed by atoms with Crippen molar-refractivity contribution in [1.82, 2.24) is 9.55 Å². The lowest BCUT2D eigenvalue weighted by Crippen LogP contribution is -2.11. The normalized spacial score (nSPS) is 25.6. The molecule has 0 bridgehead atoms. The monoisotopic (exact) mass is 304 g/mol. The van der Waals surface area contributed by atoms with E-state index in [0.717, 1.165) is 34.7 Å². The summed E-state index contributed by atoms with van der Waals surface area (Å²) < 4.78 is 2.28. The van der Waals surface area contributed by atoms with Crippen LogP contribution in [0.25, 0.3) is 11.0 Å². The molecular formula is C16H17ClN2O2. The van der Waals surface area contributed by atoms with Gasteiger partial charge in [-0.3, -0.25) is 4.79 Å². The van der Waals surface area contributed by atoms with Crippen LogP contribution in [0, 0.1) is 5.92 Å². The standard InChI is InChI=1S/C16H17ClN2O2/c17-12-2-1-3-13-14(12)19(11-6-7-11)15(18-13)9-4-5-10(8-9)16(20)21/h1-3,9-11H,4-8H2,(H,20,21). The van der Waals surface area contributed by atoms with Crippen LogP contribution < -0.4 is 0 Å². The van der Waals surface area contributed by atoms with Crippen molar-refractivity contribution in [3.05, 3.63) is 29.0 Å². The number of imidazole rings is 1. The van der Waals surface area contributed by atoms with Gasteiger partial charge < -0.3 is 9.67 Å². The number of aliphatic carboxylic acids is 1. The van der Waals surface area contributed by atoms with Crippen LogP contribution in [0.15, 0.2) is 18.2 Å². The van der Waals surface area contributed by atoms with E-state index in [-0.39, 0.29) is 11.8 Å². The molecule has 21 heavy (non-hydrogen) atoms. The summed E-state index contributed by atoms with van der Waals surface area (Å²) >= 11 is 6.38. The molecule has 4 nitrogen and oxygen atoms in total. The smallest absolute Gasteiger partial charge is 0.306 e. The molecule has 1 heterocycles. The Hall–Kier alpha value is -1.55. The number of rotatable bonds is 3. The first-order valence-corrected chi connectivity index (χ1v) is 7.92. The highest BCUT2D eigenvalue weighted by Crippen LogP contribution is 2.45. The molecule has 0 amide bonds. The minimum absolute atomic E-state index is 0.224. The summed E-state index contributed by atoms with van der Waals surface area (Å²) in [6.45, 7) is 0. The van der Waals surface area contributed by atoms with Crippen LogP contribution in [-0.4, -0.2) is 20.6 Å². The molecule has 2 fully saturated rings. The number of carboxylic acids is 1. The largest absolute Gasteiger partial charge is 0.481 e. The third-order valence-corrected chi connectivity index (χ3v) is 5.05. The molecule has 1 N–H and O–H groups in total. The van der Waals surface area contributed by atoms with Gasteiger partial charge >= 0.3 is 5.97 Å². The zero-order chi connectivity index (χ0) is 14.6. The Morgan fingerprint density at radius 2 is 2.10 bits per heavy atom. The fourth-order valence-corrected chi connectivity index (χ4v) is 3.82. The van der Waals surface area contributed by atoms with Crippen LogP contribution >= 0.6 is 11.6 Å². The Kier molecular flexibility index (Phi) is 2.96. The summed E-state index contributed by atoms with van der Waals surface area (Å²) in [5.74, 6) is 0.391. The number of fused-ring (bicyclic) bond motifs is 1. The van der Waals surface area contributed by atoms with E-state index in [4.69, 9.17) is 16.6 Å². The topological polar surface area (TPSA) is 55.1 Å². The van der Waals surface area contributed by atoms with Crippen LogP contribution in [0.2, 0.25) is 5.02 Å². The van der Waals surface area contributed by atoms with E-state index in [2.05, 4.69) is 4.57 Å². The van der Waals surface area contributed by atoms with Gasteiger partial charge in [0.2, 0.25) is 0 Å². The first-order chi connectivity index (χ1) is 10.1. The zero-order valence-electron chi connectivity index (χ0n) is 11.6. The van der Waals surface area contributed by atoms with Gasteiger partial charge in [-0.15, -0.1) is 0 Å². The van der Waals surface area contributed by atoms with Crippen molar-refractivity contribution in [2.75, 3.05) is 0 Å². The van der Waals surface area contributed by atoms with Crippen molar-refractivity contribution in [3.8, 4) is 0 Å². The van der Waals surface area contributed by atoms with Crippen molar-refractivity contribution < 1.29 is 9.90 Å². The molecule has 2 atom stereocenters. The summed E-state index contributed by atoms with van der Waals surface area (Å²) in [4.78, 5) is 16.0. The van der Waals surface area contributed by atoms with Crippen LogP contribution in [0.1, 0.15) is 49.9 Å². The Balaban J connectivity index is 1.80. The molecule has 110 valence electrons. The number of halogens is 1. The van der Waals surface area contributed by atoms with Gasteiger partial charge in [-0.1, -0.05) is 17.7 Å². The Bertz CT molecular complexity index is 720. The molecule has 1 aromatic carbocycles. The molecule has 0 aliphatic heterocycles. The average Bonchev–Trinajstić information content (AvgIpc) is 3.03. The average molecular weight is 305 g/mol. The summed E-state index contributed by atoms with van der Waals surface area (Å²) in [5, 5.41) is 9.95. The van der Waals surface area contributed by atoms with E-state index < -0.39 is 5.97 Å². The lowest BCUT2D eigenvalue weighted by Gasteiger charge is -2.13. The SMILES string of the molecule is O=C(O)C1CCC(c2nc3cccc(Cl)c3n2C2CC2)C1. The van der Waals surface area contributed by atoms with Gasteiger partial charge in [-0.2, -0.15) is 0 Å². The van der Waals surface area contributed by atoms with Crippen LogP contribution in [0.5, 0.6) is 0 Å². The molecule has 2 unspecified atom stereocenters. The van der Waals surface area contributed by atoms with Crippen molar-refractivity contribution in [2.45, 2.75) is 44.1 Å². The highest BCUT2D eigenvalue weighted by molar-refractivity contribution is 6.35. The molecule has 2 aliphatic carbocycles. The molecule has 2 aromatic rings. The van der Waals surface area contributed by atoms with Gasteiger partial charge in [0.15, 0.2) is 0 Å². The van der Waals surface area contributed by atoms with Crippen LogP contribution in [0.3, 0.4) is 0 Å². The van der Waals surface area contributed by atoms with Crippen LogP contribution in [-0.2, 0) is 4.79 Å². The second kappa shape index (κ2) is 4.73. The third kappa shape index (κ3) is 2.13. The predicted molar refractivity (Wildman–Crippen MR) is 80.7 cm³/mol. The Morgan fingerprint density at radius 3 is 2.76 bits per heavy atom. The van der Waals surface area contributed by atoms with Crippen LogP contribution in [0.4, 0.5) is 0 Å². The molecular weight excluding hydrogens is 288 g/mol. The minimum Gasteiger partial charge on any atom is -0.481 e. The number of hydrogen-bond donors (Lipinski definition) is 1. The maximum Gasteiger partial charge on any atom is 0.306 e. The summed E-state index contributed by atoms with van der Waals surface area (Å²) in [5.41, 5.74) is 1.96. The molecule has 5 heteroatoms. The number of nitrogens with zero attached hydrogens (tertiary/aromatic N) is 2. The number of carboxylic acid groups (broad SMARTS) is 1. The Morgan fingerprint density at radius 1 is 1.29 bits per heavy atom. The summed E-state index contributed by atoms with van der Waals surface area (Å²) in [6, 6.07) is 6.32. The summed E-state index contributed by atoms with van der Waals surface area (Å²) in [7, 11) is 0. The highest BCUT2D eigenvalue weighted by atomic mass is 35.5. The maximum absolute atomic E-state index is 11.2. The predicted octanol–water partition coefficient (Wildman–Crippen LogP) is 3.99. The molecule has 2 saturated carbocycles. The lowest BCUT2D eigenvalue weighted by atomic mass is 10.0. The van der Waals surface area contributed by atoms with Gasteiger partial charge in [0, 0.05) is 12.0 Å². The van der Waals surface area contributed by atoms with E-state index in [0.29, 0.717) is 12.5 Å². The van der Waals surface area contributed by atoms with E-state index in [1.54, 1.807) is 0 Å². The van der Waals surface area contributed by atoms with E-state index in [1.807, 2.05) is 18.2 Å². The molecule has 0 saturated heterocycles. The quantitative estimate of drug-likeness (QED) is 0.932. The first kappa shape index (κ1) is 13.1. The van der Waals surface area contributed by atoms with Crippen molar-refractivity contribution >= 4 is 28.6 Å². The van der Waals surface area contributed by atoms with Crippen molar-refractivity contribution in [3.63, 3.8) is 0 Å². The second-order valence-electron chi connectivity index (χ2n) is 6.22. The number of aromatic nitrogens is 2. The highest BCUT2D eigenvalue weighted by Gasteiger charge is 2.37. The zero-order valence-corrected chi connectivity index (χ0v) is 12.4. The van der Waals surface area contributed by atoms with Gasteiger partial charge in [0.1, 0.15) is 5.82 Å². The number of para-hydroxylation sites is 1. The van der Waals surface area contributed by atoms with Crippen molar-refractivity contribution in [2.24, 2.45) is 5.92 Å². The number of benzene rings is 1. The molecule has 0 radical (unpaired) electrons. The molecule has 0 spiro atoms. The van der Waals surface area contributed by atoms with E-state index in [1.165, 1.54) is 12.8 Å². The second-order valence-corrected chi connectivity index (χ2v) is 6.63. The van der Waals surface area contributed by atoms with Gasteiger partial charge in [0.05, 0.1) is 22.0 Å².